The lowest BCUT2D eigenvalue weighted by molar-refractivity contribution is 0.0635. The number of guanidine groups is 1. The number of carbonyl (C=O) groups excluding carboxylic acids is 1. The minimum Gasteiger partial charge on any atom is -0.423 e. The third-order valence-electron chi connectivity index (χ3n) is 4.59. The standard InChI is InChI=1S/C20H20N4O2S/c21-19(22)24-20-23-17(11-27-20)14-7-9-16(10-8-14)26-18(25)15-5-3-13(4-6-15)12-1-2-12/h3-7,9-12,14H,1-2,8H2,(H4,21,22,23,24). The predicted molar refractivity (Wildman–Crippen MR) is 106 cm³/mol. The van der Waals surface area contributed by atoms with E-state index < -0.39 is 0 Å². The van der Waals surface area contributed by atoms with Crippen LogP contribution in [-0.2, 0) is 4.74 Å². The first kappa shape index (κ1) is 17.5. The van der Waals surface area contributed by atoms with Crippen LogP contribution in [0.3, 0.4) is 0 Å². The minimum atomic E-state index is -0.338. The van der Waals surface area contributed by atoms with Crippen molar-refractivity contribution in [1.29, 1.82) is 0 Å². The Morgan fingerprint density at radius 3 is 2.63 bits per heavy atom. The van der Waals surface area contributed by atoms with Crippen molar-refractivity contribution in [2.75, 3.05) is 0 Å². The van der Waals surface area contributed by atoms with Crippen molar-refractivity contribution in [2.45, 2.75) is 31.1 Å². The second-order valence-corrected chi connectivity index (χ2v) is 7.52. The molecule has 0 aliphatic heterocycles. The van der Waals surface area contributed by atoms with Gasteiger partial charge < -0.3 is 16.2 Å². The molecular weight excluding hydrogens is 360 g/mol. The van der Waals surface area contributed by atoms with E-state index in [1.165, 1.54) is 29.7 Å². The number of aliphatic imine (C=N–C) groups is 1. The molecule has 7 heteroatoms. The van der Waals surface area contributed by atoms with Crippen LogP contribution in [0.5, 0.6) is 0 Å². The van der Waals surface area contributed by atoms with Crippen LogP contribution < -0.4 is 11.5 Å². The Balaban J connectivity index is 1.36. The molecule has 0 saturated heterocycles. The molecule has 138 valence electrons. The van der Waals surface area contributed by atoms with Crippen LogP contribution >= 0.6 is 11.3 Å². The third-order valence-corrected chi connectivity index (χ3v) is 5.34. The number of rotatable bonds is 5. The summed E-state index contributed by atoms with van der Waals surface area (Å²) in [4.78, 5) is 20.7. The second-order valence-electron chi connectivity index (χ2n) is 6.69. The maximum absolute atomic E-state index is 12.3. The van der Waals surface area contributed by atoms with Crippen molar-refractivity contribution < 1.29 is 9.53 Å². The molecule has 1 unspecified atom stereocenters. The molecule has 1 aromatic carbocycles. The summed E-state index contributed by atoms with van der Waals surface area (Å²) in [5, 5.41) is 2.47. The maximum Gasteiger partial charge on any atom is 0.343 e. The van der Waals surface area contributed by atoms with Crippen LogP contribution in [-0.4, -0.2) is 16.9 Å². The monoisotopic (exact) mass is 380 g/mol. The molecule has 2 aliphatic rings. The van der Waals surface area contributed by atoms with Crippen LogP contribution in [0.2, 0.25) is 0 Å². The van der Waals surface area contributed by atoms with E-state index in [9.17, 15) is 4.79 Å². The Morgan fingerprint density at radius 2 is 2.00 bits per heavy atom. The normalized spacial score (nSPS) is 18.7. The predicted octanol–water partition coefficient (Wildman–Crippen LogP) is 3.71. The average Bonchev–Trinajstić information content (AvgIpc) is 3.42. The van der Waals surface area contributed by atoms with Crippen molar-refractivity contribution >= 4 is 28.4 Å². The summed E-state index contributed by atoms with van der Waals surface area (Å²) in [6, 6.07) is 7.72. The molecular formula is C20H20N4O2S. The molecule has 4 rings (SSSR count). The van der Waals surface area contributed by atoms with Gasteiger partial charge in [-0.1, -0.05) is 18.2 Å². The molecule has 6 nitrogen and oxygen atoms in total. The van der Waals surface area contributed by atoms with Gasteiger partial charge in [-0.15, -0.1) is 11.3 Å². The van der Waals surface area contributed by atoms with Crippen molar-refractivity contribution in [3.05, 3.63) is 70.5 Å². The molecule has 0 amide bonds. The number of carbonyl (C=O) groups is 1. The zero-order chi connectivity index (χ0) is 18.8. The summed E-state index contributed by atoms with van der Waals surface area (Å²) < 4.78 is 5.50. The van der Waals surface area contributed by atoms with E-state index in [1.807, 2.05) is 47.9 Å². The number of thiazole rings is 1. The fourth-order valence-corrected chi connectivity index (χ4v) is 3.75. The average molecular weight is 380 g/mol. The number of ether oxygens (including phenoxy) is 1. The highest BCUT2D eigenvalue weighted by molar-refractivity contribution is 7.13. The van der Waals surface area contributed by atoms with E-state index in [1.54, 1.807) is 0 Å². The molecule has 4 N–H and O–H groups in total. The molecule has 2 aliphatic carbocycles. The van der Waals surface area contributed by atoms with Gasteiger partial charge in [-0.3, -0.25) is 0 Å². The van der Waals surface area contributed by atoms with Gasteiger partial charge in [0.05, 0.1) is 11.3 Å². The van der Waals surface area contributed by atoms with E-state index >= 15 is 0 Å². The first-order valence-electron chi connectivity index (χ1n) is 8.84. The molecule has 1 saturated carbocycles. The molecule has 1 atom stereocenters. The lowest BCUT2D eigenvalue weighted by atomic mass is 9.97. The van der Waals surface area contributed by atoms with Crippen LogP contribution in [0.15, 0.2) is 58.6 Å². The number of allylic oxidation sites excluding steroid dienone is 3. The zero-order valence-corrected chi connectivity index (χ0v) is 15.5. The topological polar surface area (TPSA) is 104 Å². The molecule has 2 aromatic rings. The van der Waals surface area contributed by atoms with Gasteiger partial charge in [0, 0.05) is 11.3 Å². The van der Waals surface area contributed by atoms with Crippen LogP contribution in [0.25, 0.3) is 0 Å². The summed E-state index contributed by atoms with van der Waals surface area (Å²) in [6.07, 6.45) is 8.88. The largest absolute Gasteiger partial charge is 0.423 e. The summed E-state index contributed by atoms with van der Waals surface area (Å²) in [5.41, 5.74) is 13.5. The van der Waals surface area contributed by atoms with Gasteiger partial charge in [0.25, 0.3) is 0 Å². The zero-order valence-electron chi connectivity index (χ0n) is 14.7. The van der Waals surface area contributed by atoms with Crippen molar-refractivity contribution in [3.63, 3.8) is 0 Å². The second kappa shape index (κ2) is 7.36. The quantitative estimate of drug-likeness (QED) is 0.467. The third kappa shape index (κ3) is 4.25. The molecule has 0 radical (unpaired) electrons. The molecule has 0 bridgehead atoms. The number of nitrogens with zero attached hydrogens (tertiary/aromatic N) is 2. The lowest BCUT2D eigenvalue weighted by Gasteiger charge is -2.14. The Labute approximate surface area is 161 Å². The summed E-state index contributed by atoms with van der Waals surface area (Å²) >= 11 is 1.39. The molecule has 1 aromatic heterocycles. The van der Waals surface area contributed by atoms with Gasteiger partial charge in [0.15, 0.2) is 5.96 Å². The van der Waals surface area contributed by atoms with Crippen molar-refractivity contribution in [1.82, 2.24) is 4.98 Å². The summed E-state index contributed by atoms with van der Waals surface area (Å²) in [5.74, 6) is 1.01. The Hall–Kier alpha value is -2.93. The minimum absolute atomic E-state index is 0.00524. The first-order valence-corrected chi connectivity index (χ1v) is 9.72. The number of hydrogen-bond donors (Lipinski definition) is 2. The smallest absolute Gasteiger partial charge is 0.343 e. The number of nitrogens with two attached hydrogens (primary N) is 2. The summed E-state index contributed by atoms with van der Waals surface area (Å²) in [7, 11) is 0. The highest BCUT2D eigenvalue weighted by Crippen LogP contribution is 2.40. The first-order chi connectivity index (χ1) is 13.1. The van der Waals surface area contributed by atoms with Gasteiger partial charge in [-0.25, -0.2) is 9.78 Å². The van der Waals surface area contributed by atoms with E-state index in [0.29, 0.717) is 28.8 Å². The molecule has 27 heavy (non-hydrogen) atoms. The highest BCUT2D eigenvalue weighted by atomic mass is 32.1. The van der Waals surface area contributed by atoms with Crippen molar-refractivity contribution in [3.8, 4) is 0 Å². The van der Waals surface area contributed by atoms with Crippen LogP contribution in [0.4, 0.5) is 5.13 Å². The number of esters is 1. The number of hydrogen-bond acceptors (Lipinski definition) is 5. The van der Waals surface area contributed by atoms with Gasteiger partial charge in [-0.05, 0) is 55.0 Å². The Kier molecular flexibility index (Phi) is 4.77. The fraction of sp³-hybridized carbons (Fsp3) is 0.250. The van der Waals surface area contributed by atoms with E-state index in [4.69, 9.17) is 16.2 Å². The Morgan fingerprint density at radius 1 is 1.22 bits per heavy atom. The Bertz CT molecular complexity index is 935. The van der Waals surface area contributed by atoms with Gasteiger partial charge >= 0.3 is 5.97 Å². The van der Waals surface area contributed by atoms with Crippen LogP contribution in [0, 0.1) is 0 Å². The SMILES string of the molecule is NC(N)=Nc1nc(C2C=CC(OC(=O)c3ccc(C4CC4)cc3)=CC2)cs1. The highest BCUT2D eigenvalue weighted by Gasteiger charge is 2.23. The molecule has 1 heterocycles. The van der Waals surface area contributed by atoms with Gasteiger partial charge in [-0.2, -0.15) is 4.99 Å². The fourth-order valence-electron chi connectivity index (χ4n) is 2.98. The van der Waals surface area contributed by atoms with E-state index in [0.717, 1.165) is 5.69 Å². The van der Waals surface area contributed by atoms with Gasteiger partial charge in [0.1, 0.15) is 5.76 Å². The van der Waals surface area contributed by atoms with Crippen LogP contribution in [0.1, 0.15) is 52.7 Å². The maximum atomic E-state index is 12.3. The van der Waals surface area contributed by atoms with Crippen molar-refractivity contribution in [2.24, 2.45) is 16.5 Å². The summed E-state index contributed by atoms with van der Waals surface area (Å²) in [6.45, 7) is 0. The van der Waals surface area contributed by atoms with E-state index in [-0.39, 0.29) is 17.8 Å². The number of aromatic nitrogens is 1. The molecule has 1 fully saturated rings. The number of benzene rings is 1. The molecule has 0 spiro atoms. The van der Waals surface area contributed by atoms with Gasteiger partial charge in [0.2, 0.25) is 5.13 Å². The van der Waals surface area contributed by atoms with E-state index in [2.05, 4.69) is 9.98 Å². The lowest BCUT2D eigenvalue weighted by Crippen LogP contribution is -2.21.